The Morgan fingerprint density at radius 2 is 2.16 bits per heavy atom. The van der Waals surface area contributed by atoms with Gasteiger partial charge in [0.05, 0.1) is 11.8 Å². The van der Waals surface area contributed by atoms with Crippen molar-refractivity contribution < 1.29 is 4.79 Å². The molecule has 1 aromatic heterocycles. The molecule has 0 saturated heterocycles. The van der Waals surface area contributed by atoms with Crippen molar-refractivity contribution in [1.29, 1.82) is 0 Å². The van der Waals surface area contributed by atoms with Crippen LogP contribution in [0, 0.1) is 6.92 Å². The number of nitrogens with zero attached hydrogens (tertiary/aromatic N) is 2. The molecule has 5 heteroatoms. The first-order valence-electron chi connectivity index (χ1n) is 7.14. The summed E-state index contributed by atoms with van der Waals surface area (Å²) in [4.78, 5) is 14.3. The molecule has 1 amide bonds. The van der Waals surface area contributed by atoms with Gasteiger partial charge in [-0.1, -0.05) is 6.92 Å². The SMILES string of the molecule is CCNC1CCC(N(C)C(=O)c2cn[nH]c2C)CC1. The van der Waals surface area contributed by atoms with E-state index < -0.39 is 0 Å². The Kier molecular flexibility index (Phi) is 4.58. The second-order valence-corrected chi connectivity index (χ2v) is 5.39. The smallest absolute Gasteiger partial charge is 0.257 e. The molecule has 1 aliphatic rings. The van der Waals surface area contributed by atoms with Gasteiger partial charge in [0.2, 0.25) is 0 Å². The predicted molar refractivity (Wildman–Crippen MR) is 75.1 cm³/mol. The highest BCUT2D eigenvalue weighted by Gasteiger charge is 2.27. The maximum Gasteiger partial charge on any atom is 0.257 e. The number of aryl methyl sites for hydroxylation is 1. The fourth-order valence-corrected chi connectivity index (χ4v) is 2.88. The molecule has 1 heterocycles. The fraction of sp³-hybridized carbons (Fsp3) is 0.714. The molecule has 0 aromatic carbocycles. The molecule has 0 unspecified atom stereocenters. The fourth-order valence-electron chi connectivity index (χ4n) is 2.88. The number of rotatable bonds is 4. The number of carbonyl (C=O) groups is 1. The van der Waals surface area contributed by atoms with Gasteiger partial charge in [-0.3, -0.25) is 9.89 Å². The van der Waals surface area contributed by atoms with Crippen LogP contribution in [0.15, 0.2) is 6.20 Å². The molecule has 1 fully saturated rings. The van der Waals surface area contributed by atoms with E-state index in [2.05, 4.69) is 22.4 Å². The summed E-state index contributed by atoms with van der Waals surface area (Å²) in [6.45, 7) is 5.05. The van der Waals surface area contributed by atoms with Gasteiger partial charge in [-0.05, 0) is 39.2 Å². The molecule has 1 aliphatic carbocycles. The third-order valence-electron chi connectivity index (χ3n) is 4.12. The van der Waals surface area contributed by atoms with Crippen LogP contribution in [0.4, 0.5) is 0 Å². The first-order chi connectivity index (χ1) is 9.13. The van der Waals surface area contributed by atoms with Crippen LogP contribution in [0.5, 0.6) is 0 Å². The normalized spacial score (nSPS) is 23.3. The van der Waals surface area contributed by atoms with E-state index in [9.17, 15) is 4.79 Å². The van der Waals surface area contributed by atoms with Crippen LogP contribution in [-0.2, 0) is 0 Å². The van der Waals surface area contributed by atoms with Crippen LogP contribution in [0.3, 0.4) is 0 Å². The van der Waals surface area contributed by atoms with Gasteiger partial charge in [-0.15, -0.1) is 0 Å². The number of carbonyl (C=O) groups excluding carboxylic acids is 1. The minimum atomic E-state index is 0.0816. The van der Waals surface area contributed by atoms with Gasteiger partial charge in [0.25, 0.3) is 5.91 Å². The topological polar surface area (TPSA) is 61.0 Å². The summed E-state index contributed by atoms with van der Waals surface area (Å²) in [5.74, 6) is 0.0816. The molecule has 0 aliphatic heterocycles. The molecule has 0 spiro atoms. The zero-order valence-electron chi connectivity index (χ0n) is 12.1. The first kappa shape index (κ1) is 14.1. The third-order valence-corrected chi connectivity index (χ3v) is 4.12. The van der Waals surface area contributed by atoms with Crippen molar-refractivity contribution in [2.24, 2.45) is 0 Å². The van der Waals surface area contributed by atoms with Gasteiger partial charge >= 0.3 is 0 Å². The lowest BCUT2D eigenvalue weighted by atomic mass is 9.90. The summed E-state index contributed by atoms with van der Waals surface area (Å²) < 4.78 is 0. The minimum absolute atomic E-state index is 0.0816. The maximum atomic E-state index is 12.4. The number of aromatic nitrogens is 2. The van der Waals surface area contributed by atoms with E-state index in [0.29, 0.717) is 17.6 Å². The summed E-state index contributed by atoms with van der Waals surface area (Å²) >= 11 is 0. The number of amides is 1. The van der Waals surface area contributed by atoms with Gasteiger partial charge in [0.15, 0.2) is 0 Å². The average Bonchev–Trinajstić information content (AvgIpc) is 2.84. The summed E-state index contributed by atoms with van der Waals surface area (Å²) in [6.07, 6.45) is 6.09. The lowest BCUT2D eigenvalue weighted by Gasteiger charge is -2.35. The summed E-state index contributed by atoms with van der Waals surface area (Å²) in [5, 5.41) is 10.2. The van der Waals surface area contributed by atoms with Crippen molar-refractivity contribution in [3.63, 3.8) is 0 Å². The van der Waals surface area contributed by atoms with E-state index in [0.717, 1.165) is 37.9 Å². The zero-order chi connectivity index (χ0) is 13.8. The van der Waals surface area contributed by atoms with E-state index in [1.807, 2.05) is 18.9 Å². The lowest BCUT2D eigenvalue weighted by molar-refractivity contribution is 0.0684. The zero-order valence-corrected chi connectivity index (χ0v) is 12.1. The highest BCUT2D eigenvalue weighted by molar-refractivity contribution is 5.95. The number of nitrogens with one attached hydrogen (secondary N) is 2. The van der Waals surface area contributed by atoms with E-state index in [-0.39, 0.29) is 5.91 Å². The Balaban J connectivity index is 1.92. The van der Waals surface area contributed by atoms with E-state index in [1.54, 1.807) is 6.20 Å². The van der Waals surface area contributed by atoms with Crippen molar-refractivity contribution in [3.05, 3.63) is 17.5 Å². The van der Waals surface area contributed by atoms with Crippen LogP contribution < -0.4 is 5.32 Å². The van der Waals surface area contributed by atoms with Crippen molar-refractivity contribution in [2.75, 3.05) is 13.6 Å². The number of hydrogen-bond acceptors (Lipinski definition) is 3. The van der Waals surface area contributed by atoms with Crippen molar-refractivity contribution in [1.82, 2.24) is 20.4 Å². The Morgan fingerprint density at radius 1 is 1.47 bits per heavy atom. The number of aromatic amines is 1. The van der Waals surface area contributed by atoms with Gasteiger partial charge in [-0.25, -0.2) is 0 Å². The largest absolute Gasteiger partial charge is 0.339 e. The molecule has 1 saturated carbocycles. The van der Waals surface area contributed by atoms with Crippen molar-refractivity contribution >= 4 is 5.91 Å². The minimum Gasteiger partial charge on any atom is -0.339 e. The molecule has 19 heavy (non-hydrogen) atoms. The van der Waals surface area contributed by atoms with E-state index in [1.165, 1.54) is 0 Å². The quantitative estimate of drug-likeness (QED) is 0.870. The highest BCUT2D eigenvalue weighted by atomic mass is 16.2. The molecule has 2 rings (SSSR count). The third kappa shape index (κ3) is 3.15. The Hall–Kier alpha value is -1.36. The molecule has 2 N–H and O–H groups in total. The van der Waals surface area contributed by atoms with Gasteiger partial charge in [0.1, 0.15) is 0 Å². The molecule has 0 bridgehead atoms. The lowest BCUT2D eigenvalue weighted by Crippen LogP contribution is -2.43. The maximum absolute atomic E-state index is 12.4. The van der Waals surface area contributed by atoms with Gasteiger partial charge in [-0.2, -0.15) is 5.10 Å². The van der Waals surface area contributed by atoms with Crippen LogP contribution in [0.1, 0.15) is 48.7 Å². The molecule has 106 valence electrons. The Morgan fingerprint density at radius 3 is 2.68 bits per heavy atom. The molecule has 5 nitrogen and oxygen atoms in total. The van der Waals surface area contributed by atoms with Crippen LogP contribution in [-0.4, -0.2) is 46.7 Å². The molecular formula is C14H24N4O. The molecule has 0 atom stereocenters. The summed E-state index contributed by atoms with van der Waals surface area (Å²) in [5.41, 5.74) is 1.54. The van der Waals surface area contributed by atoms with Crippen LogP contribution in [0.25, 0.3) is 0 Å². The van der Waals surface area contributed by atoms with E-state index in [4.69, 9.17) is 0 Å². The molecular weight excluding hydrogens is 240 g/mol. The predicted octanol–water partition coefficient (Wildman–Crippen LogP) is 1.71. The van der Waals surface area contributed by atoms with Gasteiger partial charge < -0.3 is 10.2 Å². The Bertz CT molecular complexity index is 421. The highest BCUT2D eigenvalue weighted by Crippen LogP contribution is 2.23. The average molecular weight is 264 g/mol. The van der Waals surface area contributed by atoms with Crippen molar-refractivity contribution in [3.8, 4) is 0 Å². The second-order valence-electron chi connectivity index (χ2n) is 5.39. The summed E-state index contributed by atoms with van der Waals surface area (Å²) in [6, 6.07) is 0.983. The van der Waals surface area contributed by atoms with Crippen LogP contribution in [0.2, 0.25) is 0 Å². The number of hydrogen-bond donors (Lipinski definition) is 2. The standard InChI is InChI=1S/C14H24N4O/c1-4-15-11-5-7-12(8-6-11)18(3)14(19)13-9-16-17-10(13)2/h9,11-12,15H,4-8H2,1-3H3,(H,16,17). The molecule has 1 aromatic rings. The first-order valence-corrected chi connectivity index (χ1v) is 7.14. The second kappa shape index (κ2) is 6.19. The summed E-state index contributed by atoms with van der Waals surface area (Å²) in [7, 11) is 1.91. The monoisotopic (exact) mass is 264 g/mol. The van der Waals surface area contributed by atoms with Crippen molar-refractivity contribution in [2.45, 2.75) is 51.6 Å². The van der Waals surface area contributed by atoms with E-state index >= 15 is 0 Å². The number of H-pyrrole nitrogens is 1. The van der Waals surface area contributed by atoms with Crippen LogP contribution >= 0.6 is 0 Å². The Labute approximate surface area is 114 Å². The van der Waals surface area contributed by atoms with Gasteiger partial charge in [0, 0.05) is 24.8 Å². The molecule has 0 radical (unpaired) electrons.